The van der Waals surface area contributed by atoms with E-state index in [0.717, 1.165) is 13.1 Å². The summed E-state index contributed by atoms with van der Waals surface area (Å²) in [5, 5.41) is 13.8. The summed E-state index contributed by atoms with van der Waals surface area (Å²) in [6, 6.07) is 0. The van der Waals surface area contributed by atoms with Crippen LogP contribution in [0.4, 0.5) is 0 Å². The highest BCUT2D eigenvalue weighted by Gasteiger charge is 2.23. The molecule has 2 rings (SSSR count). The maximum atomic E-state index is 11.5. The van der Waals surface area contributed by atoms with Gasteiger partial charge in [-0.3, -0.25) is 4.79 Å². The Bertz CT molecular complexity index is 316. The largest absolute Gasteiger partial charge is 0.316 e. The summed E-state index contributed by atoms with van der Waals surface area (Å²) < 4.78 is 1.41. The van der Waals surface area contributed by atoms with Crippen LogP contribution in [-0.2, 0) is 7.05 Å². The Morgan fingerprint density at radius 1 is 1.69 bits per heavy atom. The summed E-state index contributed by atoms with van der Waals surface area (Å²) in [4.78, 5) is 11.5. The van der Waals surface area contributed by atoms with Gasteiger partial charge >= 0.3 is 0 Å². The Kier molecular flexibility index (Phi) is 2.05. The predicted molar refractivity (Wildman–Crippen MR) is 44.1 cm³/mol. The molecule has 0 aromatic carbocycles. The van der Waals surface area contributed by atoms with Crippen molar-refractivity contribution in [1.29, 1.82) is 0 Å². The molecule has 6 nitrogen and oxygen atoms in total. The van der Waals surface area contributed by atoms with Crippen LogP contribution in [0.2, 0.25) is 0 Å². The lowest BCUT2D eigenvalue weighted by atomic mass is 9.96. The molecule has 0 amide bonds. The van der Waals surface area contributed by atoms with Crippen molar-refractivity contribution >= 4 is 5.78 Å². The summed E-state index contributed by atoms with van der Waals surface area (Å²) in [5.41, 5.74) is 0. The van der Waals surface area contributed by atoms with E-state index in [0.29, 0.717) is 18.2 Å². The molecule has 1 N–H and O–H groups in total. The number of ketones is 1. The van der Waals surface area contributed by atoms with Gasteiger partial charge in [0.15, 0.2) is 0 Å². The monoisotopic (exact) mass is 181 g/mol. The van der Waals surface area contributed by atoms with E-state index in [1.54, 1.807) is 7.05 Å². The summed E-state index contributed by atoms with van der Waals surface area (Å²) >= 11 is 0. The fraction of sp³-hybridized carbons (Fsp3) is 0.714. The van der Waals surface area contributed by atoms with Gasteiger partial charge in [0.05, 0.1) is 0 Å². The van der Waals surface area contributed by atoms with Crippen LogP contribution in [0.5, 0.6) is 0 Å². The minimum Gasteiger partial charge on any atom is -0.316 e. The Hall–Kier alpha value is -1.30. The van der Waals surface area contributed by atoms with Crippen molar-refractivity contribution < 1.29 is 4.79 Å². The molecule has 1 fully saturated rings. The molecule has 70 valence electrons. The Labute approximate surface area is 75.3 Å². The number of carbonyl (C=O) groups is 1. The van der Waals surface area contributed by atoms with Crippen LogP contribution < -0.4 is 5.32 Å². The lowest BCUT2D eigenvalue weighted by Gasteiger charge is -2.25. The fourth-order valence-electron chi connectivity index (χ4n) is 1.31. The predicted octanol–water partition coefficient (Wildman–Crippen LogP) is -0.998. The number of aryl methyl sites for hydroxylation is 1. The number of rotatable bonds is 3. The topological polar surface area (TPSA) is 72.7 Å². The molecule has 0 spiro atoms. The molecule has 0 unspecified atom stereocenters. The maximum absolute atomic E-state index is 11.5. The van der Waals surface area contributed by atoms with Crippen molar-refractivity contribution in [3.63, 3.8) is 0 Å². The number of aromatic nitrogens is 4. The van der Waals surface area contributed by atoms with Crippen LogP contribution in [0.15, 0.2) is 0 Å². The van der Waals surface area contributed by atoms with Gasteiger partial charge < -0.3 is 5.32 Å². The minimum absolute atomic E-state index is 0.0269. The molecular formula is C7H11N5O. The van der Waals surface area contributed by atoms with Crippen molar-refractivity contribution in [2.24, 2.45) is 13.0 Å². The molecular weight excluding hydrogens is 170 g/mol. The SMILES string of the molecule is Cn1nnnc1C(=O)CC1CNC1. The number of carbonyl (C=O) groups excluding carboxylic acids is 1. The van der Waals surface area contributed by atoms with E-state index in [9.17, 15) is 4.79 Å². The van der Waals surface area contributed by atoms with Crippen LogP contribution in [0.3, 0.4) is 0 Å². The summed E-state index contributed by atoms with van der Waals surface area (Å²) in [7, 11) is 1.67. The van der Waals surface area contributed by atoms with Crippen LogP contribution in [0.1, 0.15) is 17.0 Å². The highest BCUT2D eigenvalue weighted by Crippen LogP contribution is 2.11. The average Bonchev–Trinajstić information content (AvgIpc) is 2.43. The molecule has 1 aromatic rings. The van der Waals surface area contributed by atoms with Gasteiger partial charge in [0.25, 0.3) is 0 Å². The molecule has 1 aromatic heterocycles. The van der Waals surface area contributed by atoms with Gasteiger partial charge in [-0.05, 0) is 29.4 Å². The van der Waals surface area contributed by atoms with E-state index in [2.05, 4.69) is 20.8 Å². The van der Waals surface area contributed by atoms with Crippen LogP contribution >= 0.6 is 0 Å². The zero-order valence-electron chi connectivity index (χ0n) is 7.40. The van der Waals surface area contributed by atoms with Gasteiger partial charge in [-0.25, -0.2) is 4.68 Å². The van der Waals surface area contributed by atoms with Gasteiger partial charge in [0.1, 0.15) is 0 Å². The number of hydrogen-bond acceptors (Lipinski definition) is 5. The van der Waals surface area contributed by atoms with Crippen molar-refractivity contribution in [1.82, 2.24) is 25.5 Å². The van der Waals surface area contributed by atoms with Crippen LogP contribution in [-0.4, -0.2) is 39.1 Å². The number of hydrogen-bond donors (Lipinski definition) is 1. The second-order valence-corrected chi connectivity index (χ2v) is 3.28. The van der Waals surface area contributed by atoms with Gasteiger partial charge in [-0.1, -0.05) is 0 Å². The van der Waals surface area contributed by atoms with E-state index in [4.69, 9.17) is 0 Å². The van der Waals surface area contributed by atoms with Gasteiger partial charge in [-0.2, -0.15) is 0 Å². The van der Waals surface area contributed by atoms with E-state index < -0.39 is 0 Å². The van der Waals surface area contributed by atoms with E-state index in [-0.39, 0.29) is 5.78 Å². The molecule has 2 heterocycles. The lowest BCUT2D eigenvalue weighted by Crippen LogP contribution is -2.43. The Morgan fingerprint density at radius 2 is 2.46 bits per heavy atom. The second-order valence-electron chi connectivity index (χ2n) is 3.28. The zero-order chi connectivity index (χ0) is 9.26. The molecule has 1 saturated heterocycles. The third-order valence-corrected chi connectivity index (χ3v) is 2.21. The van der Waals surface area contributed by atoms with E-state index in [1.807, 2.05) is 0 Å². The molecule has 0 radical (unpaired) electrons. The van der Waals surface area contributed by atoms with Crippen molar-refractivity contribution in [2.75, 3.05) is 13.1 Å². The third-order valence-electron chi connectivity index (χ3n) is 2.21. The first-order valence-electron chi connectivity index (χ1n) is 4.23. The lowest BCUT2D eigenvalue weighted by molar-refractivity contribution is 0.0931. The first kappa shape index (κ1) is 8.31. The molecule has 0 aliphatic carbocycles. The number of tetrazole rings is 1. The first-order chi connectivity index (χ1) is 6.27. The first-order valence-corrected chi connectivity index (χ1v) is 4.23. The van der Waals surface area contributed by atoms with Crippen molar-refractivity contribution in [3.8, 4) is 0 Å². The summed E-state index contributed by atoms with van der Waals surface area (Å²) in [5.74, 6) is 0.843. The quantitative estimate of drug-likeness (QED) is 0.606. The smallest absolute Gasteiger partial charge is 0.217 e. The standard InChI is InChI=1S/C7H11N5O/c1-12-7(9-10-11-12)6(13)2-5-3-8-4-5/h5,8H,2-4H2,1H3. The molecule has 0 saturated carbocycles. The van der Waals surface area contributed by atoms with Gasteiger partial charge in [-0.15, -0.1) is 5.10 Å². The van der Waals surface area contributed by atoms with Crippen molar-refractivity contribution in [3.05, 3.63) is 5.82 Å². The molecule has 13 heavy (non-hydrogen) atoms. The normalized spacial score (nSPS) is 17.0. The number of nitrogens with one attached hydrogen (secondary N) is 1. The van der Waals surface area contributed by atoms with Gasteiger partial charge in [0, 0.05) is 13.5 Å². The minimum atomic E-state index is 0.0269. The zero-order valence-corrected chi connectivity index (χ0v) is 7.40. The second kappa shape index (κ2) is 3.21. The maximum Gasteiger partial charge on any atom is 0.217 e. The van der Waals surface area contributed by atoms with Crippen LogP contribution in [0, 0.1) is 5.92 Å². The number of Topliss-reactive ketones (excluding diaryl/α,β-unsaturated/α-hetero) is 1. The summed E-state index contributed by atoms with van der Waals surface area (Å²) in [6.45, 7) is 1.86. The molecule has 0 bridgehead atoms. The highest BCUT2D eigenvalue weighted by atomic mass is 16.1. The average molecular weight is 181 g/mol. The molecule has 1 aliphatic heterocycles. The van der Waals surface area contributed by atoms with E-state index >= 15 is 0 Å². The fourth-order valence-corrected chi connectivity index (χ4v) is 1.31. The third kappa shape index (κ3) is 1.57. The molecule has 6 heteroatoms. The van der Waals surface area contributed by atoms with Gasteiger partial charge in [0.2, 0.25) is 11.6 Å². The highest BCUT2D eigenvalue weighted by molar-refractivity contribution is 5.92. The summed E-state index contributed by atoms with van der Waals surface area (Å²) in [6.07, 6.45) is 0.543. The van der Waals surface area contributed by atoms with Crippen LogP contribution in [0.25, 0.3) is 0 Å². The molecule has 1 aliphatic rings. The molecule has 0 atom stereocenters. The number of nitrogens with zero attached hydrogens (tertiary/aromatic N) is 4. The van der Waals surface area contributed by atoms with E-state index in [1.165, 1.54) is 4.68 Å². The Balaban J connectivity index is 2.00. The van der Waals surface area contributed by atoms with Crippen molar-refractivity contribution in [2.45, 2.75) is 6.42 Å². The Morgan fingerprint density at radius 3 is 2.92 bits per heavy atom.